The molecule has 4 rings (SSSR count). The van der Waals surface area contributed by atoms with Crippen molar-refractivity contribution in [2.24, 2.45) is 0 Å². The lowest BCUT2D eigenvalue weighted by Crippen LogP contribution is -2.42. The first-order chi connectivity index (χ1) is 15.4. The number of morpholine rings is 1. The summed E-state index contributed by atoms with van der Waals surface area (Å²) in [5.41, 5.74) is -0.213. The van der Waals surface area contributed by atoms with Gasteiger partial charge in [0, 0.05) is 49.5 Å². The second kappa shape index (κ2) is 9.78. The third-order valence-corrected chi connectivity index (χ3v) is 5.50. The molecule has 1 aliphatic rings. The molecular weight excluding hydrogens is 444 g/mol. The maximum absolute atomic E-state index is 15.1. The quantitative estimate of drug-likeness (QED) is 0.448. The number of halogens is 3. The fraction of sp³-hybridized carbons (Fsp3) is 0.333. The summed E-state index contributed by atoms with van der Waals surface area (Å²) in [5.74, 6) is -2.01. The SMILES string of the molecule is O=C(NCCN1CCOCC1)Nc1ccc(F)c(C(O)c2c[nH]c3ncc(Cl)cc23)c1F. The number of benzene rings is 1. The van der Waals surface area contributed by atoms with Gasteiger partial charge in [0.2, 0.25) is 0 Å². The van der Waals surface area contributed by atoms with Crippen molar-refractivity contribution in [1.82, 2.24) is 20.2 Å². The number of carbonyl (C=O) groups excluding carboxylic acids is 1. The second-order valence-electron chi connectivity index (χ2n) is 7.35. The molecule has 0 bridgehead atoms. The molecule has 1 fully saturated rings. The Bertz CT molecular complexity index is 1120. The molecule has 0 aliphatic carbocycles. The Morgan fingerprint density at radius 1 is 1.34 bits per heavy atom. The van der Waals surface area contributed by atoms with Crippen LogP contribution in [0.4, 0.5) is 19.3 Å². The number of aromatic amines is 1. The van der Waals surface area contributed by atoms with Crippen LogP contribution in [-0.4, -0.2) is 65.4 Å². The Morgan fingerprint density at radius 3 is 2.91 bits per heavy atom. The Labute approximate surface area is 187 Å². The highest BCUT2D eigenvalue weighted by Gasteiger charge is 2.25. The van der Waals surface area contributed by atoms with Crippen LogP contribution < -0.4 is 10.6 Å². The molecule has 170 valence electrons. The number of carbonyl (C=O) groups is 1. The van der Waals surface area contributed by atoms with Gasteiger partial charge in [-0.2, -0.15) is 0 Å². The summed E-state index contributed by atoms with van der Waals surface area (Å²) in [7, 11) is 0. The number of H-pyrrole nitrogens is 1. The number of aliphatic hydroxyl groups is 1. The van der Waals surface area contributed by atoms with E-state index in [1.807, 2.05) is 0 Å². The summed E-state index contributed by atoms with van der Waals surface area (Å²) < 4.78 is 34.9. The van der Waals surface area contributed by atoms with Crippen LogP contribution in [0.3, 0.4) is 0 Å². The van der Waals surface area contributed by atoms with Gasteiger partial charge in [0.05, 0.1) is 29.5 Å². The first kappa shape index (κ1) is 22.4. The molecule has 2 amide bonds. The number of ether oxygens (including phenoxy) is 1. The standard InChI is InChI=1S/C21H22ClF2N5O3/c22-12-9-13-14(11-27-20(13)26-10-12)19(30)17-15(23)1-2-16(18(17)24)28-21(31)25-3-4-29-5-7-32-8-6-29/h1-2,9-11,19,30H,3-8H2,(H,26,27)(H2,25,28,31). The molecule has 3 heterocycles. The highest BCUT2D eigenvalue weighted by atomic mass is 35.5. The molecule has 1 saturated heterocycles. The van der Waals surface area contributed by atoms with Crippen LogP contribution >= 0.6 is 11.6 Å². The molecule has 0 spiro atoms. The van der Waals surface area contributed by atoms with Crippen molar-refractivity contribution in [1.29, 1.82) is 0 Å². The highest BCUT2D eigenvalue weighted by molar-refractivity contribution is 6.31. The van der Waals surface area contributed by atoms with Crippen LogP contribution in [0.25, 0.3) is 11.0 Å². The summed E-state index contributed by atoms with van der Waals surface area (Å²) in [4.78, 5) is 21.3. The topological polar surface area (TPSA) is 103 Å². The average Bonchev–Trinajstić information content (AvgIpc) is 3.19. The van der Waals surface area contributed by atoms with Gasteiger partial charge >= 0.3 is 6.03 Å². The molecule has 4 N–H and O–H groups in total. The van der Waals surface area contributed by atoms with Gasteiger partial charge in [-0.05, 0) is 18.2 Å². The van der Waals surface area contributed by atoms with Gasteiger partial charge in [0.15, 0.2) is 5.82 Å². The van der Waals surface area contributed by atoms with E-state index in [4.69, 9.17) is 16.3 Å². The highest BCUT2D eigenvalue weighted by Crippen LogP contribution is 2.34. The molecule has 1 aliphatic heterocycles. The molecule has 8 nitrogen and oxygen atoms in total. The number of fused-ring (bicyclic) bond motifs is 1. The zero-order valence-electron chi connectivity index (χ0n) is 17.0. The van der Waals surface area contributed by atoms with Gasteiger partial charge in [-0.25, -0.2) is 18.6 Å². The Morgan fingerprint density at radius 2 is 2.12 bits per heavy atom. The van der Waals surface area contributed by atoms with Gasteiger partial charge in [-0.15, -0.1) is 0 Å². The first-order valence-corrected chi connectivity index (χ1v) is 10.5. The van der Waals surface area contributed by atoms with Crippen molar-refractivity contribution < 1.29 is 23.4 Å². The number of rotatable bonds is 6. The summed E-state index contributed by atoms with van der Waals surface area (Å²) >= 11 is 5.96. The molecule has 1 unspecified atom stereocenters. The molecule has 1 aromatic carbocycles. The zero-order chi connectivity index (χ0) is 22.7. The average molecular weight is 466 g/mol. The van der Waals surface area contributed by atoms with Crippen LogP contribution in [0.2, 0.25) is 5.02 Å². The van der Waals surface area contributed by atoms with Crippen molar-refractivity contribution in [2.75, 3.05) is 44.7 Å². The van der Waals surface area contributed by atoms with E-state index in [1.54, 1.807) is 6.07 Å². The van der Waals surface area contributed by atoms with Gasteiger partial charge in [0.1, 0.15) is 17.6 Å². The van der Waals surface area contributed by atoms with Crippen molar-refractivity contribution in [2.45, 2.75) is 6.10 Å². The Hall–Kier alpha value is -2.79. The number of nitrogens with zero attached hydrogens (tertiary/aromatic N) is 2. The lowest BCUT2D eigenvalue weighted by molar-refractivity contribution is 0.0388. The van der Waals surface area contributed by atoms with Crippen molar-refractivity contribution in [3.8, 4) is 0 Å². The van der Waals surface area contributed by atoms with E-state index in [0.29, 0.717) is 42.4 Å². The molecule has 0 saturated carbocycles. The van der Waals surface area contributed by atoms with Crippen LogP contribution in [-0.2, 0) is 4.74 Å². The fourth-order valence-electron chi connectivity index (χ4n) is 3.62. The zero-order valence-corrected chi connectivity index (χ0v) is 17.8. The minimum absolute atomic E-state index is 0.208. The van der Waals surface area contributed by atoms with E-state index in [0.717, 1.165) is 25.2 Å². The number of nitrogens with one attached hydrogen (secondary N) is 3. The normalized spacial score (nSPS) is 15.6. The van der Waals surface area contributed by atoms with Gasteiger partial charge in [-0.1, -0.05) is 11.6 Å². The predicted octanol–water partition coefficient (Wildman–Crippen LogP) is 3.03. The summed E-state index contributed by atoms with van der Waals surface area (Å²) in [6.07, 6.45) is 1.19. The number of aromatic nitrogens is 2. The molecule has 3 aromatic rings. The summed E-state index contributed by atoms with van der Waals surface area (Å²) in [5, 5.41) is 16.5. The smallest absolute Gasteiger partial charge is 0.319 e. The lowest BCUT2D eigenvalue weighted by Gasteiger charge is -2.26. The monoisotopic (exact) mass is 465 g/mol. The lowest BCUT2D eigenvalue weighted by atomic mass is 10.00. The molecule has 32 heavy (non-hydrogen) atoms. The van der Waals surface area contributed by atoms with Gasteiger partial charge in [0.25, 0.3) is 0 Å². The van der Waals surface area contributed by atoms with E-state index in [1.165, 1.54) is 12.4 Å². The number of amides is 2. The molecule has 2 aromatic heterocycles. The minimum atomic E-state index is -1.64. The van der Waals surface area contributed by atoms with Crippen molar-refractivity contribution in [3.05, 3.63) is 58.4 Å². The van der Waals surface area contributed by atoms with E-state index in [2.05, 4.69) is 25.5 Å². The molecule has 0 radical (unpaired) electrons. The van der Waals surface area contributed by atoms with Gasteiger partial charge < -0.3 is 25.5 Å². The summed E-state index contributed by atoms with van der Waals surface area (Å²) in [6, 6.07) is 3.01. The minimum Gasteiger partial charge on any atom is -0.383 e. The number of pyridine rings is 1. The number of urea groups is 1. The fourth-order valence-corrected chi connectivity index (χ4v) is 3.77. The predicted molar refractivity (Wildman–Crippen MR) is 116 cm³/mol. The number of hydrogen-bond acceptors (Lipinski definition) is 5. The molecule has 1 atom stereocenters. The first-order valence-electron chi connectivity index (χ1n) is 10.1. The third-order valence-electron chi connectivity index (χ3n) is 5.29. The number of aliphatic hydroxyl groups excluding tert-OH is 1. The maximum Gasteiger partial charge on any atom is 0.319 e. The maximum atomic E-state index is 15.1. The summed E-state index contributed by atoms with van der Waals surface area (Å²) in [6.45, 7) is 3.85. The third kappa shape index (κ3) is 4.83. The second-order valence-corrected chi connectivity index (χ2v) is 7.79. The van der Waals surface area contributed by atoms with E-state index in [9.17, 15) is 14.3 Å². The van der Waals surface area contributed by atoms with Crippen LogP contribution in [0.1, 0.15) is 17.2 Å². The van der Waals surface area contributed by atoms with Gasteiger partial charge in [-0.3, -0.25) is 4.90 Å². The molecular formula is C21H22ClF2N5O3. The largest absolute Gasteiger partial charge is 0.383 e. The number of anilines is 1. The molecule has 11 heteroatoms. The van der Waals surface area contributed by atoms with Crippen molar-refractivity contribution in [3.63, 3.8) is 0 Å². The Kier molecular flexibility index (Phi) is 6.85. The Balaban J connectivity index is 1.48. The van der Waals surface area contributed by atoms with E-state index >= 15 is 4.39 Å². The number of hydrogen-bond donors (Lipinski definition) is 4. The van der Waals surface area contributed by atoms with E-state index in [-0.39, 0.29) is 11.3 Å². The van der Waals surface area contributed by atoms with E-state index < -0.39 is 29.3 Å². The van der Waals surface area contributed by atoms with Crippen LogP contribution in [0, 0.1) is 11.6 Å². The van der Waals surface area contributed by atoms with Crippen molar-refractivity contribution >= 4 is 34.4 Å². The van der Waals surface area contributed by atoms with Crippen LogP contribution in [0.15, 0.2) is 30.6 Å². The van der Waals surface area contributed by atoms with Crippen LogP contribution in [0.5, 0.6) is 0 Å².